The summed E-state index contributed by atoms with van der Waals surface area (Å²) in [5, 5.41) is 5.78. The van der Waals surface area contributed by atoms with E-state index < -0.39 is 22.8 Å². The number of carbonyl (C=O) groups excluding carboxylic acids is 1. The fourth-order valence-corrected chi connectivity index (χ4v) is 0.684. The molecular weight excluding hydrogens is 203 g/mol. The largest absolute Gasteiger partial charge is 0.521 e. The molecule has 1 aromatic rings. The Labute approximate surface area is 76.5 Å². The van der Waals surface area contributed by atoms with Gasteiger partial charge in [0.15, 0.2) is 5.69 Å². The van der Waals surface area contributed by atoms with Gasteiger partial charge in [0.05, 0.1) is 12.8 Å². The van der Waals surface area contributed by atoms with Gasteiger partial charge in [-0.1, -0.05) is 4.80 Å². The molecule has 1 heterocycles. The molecule has 0 saturated heterocycles. The van der Waals surface area contributed by atoms with Crippen molar-refractivity contribution >= 4 is 5.97 Å². The zero-order chi connectivity index (χ0) is 10.8. The number of carbonyl (C=O) groups is 1. The Morgan fingerprint density at radius 2 is 2.29 bits per heavy atom. The summed E-state index contributed by atoms with van der Waals surface area (Å²) in [6.45, 7) is 1.60. The average molecular weight is 209 g/mol. The lowest BCUT2D eigenvalue weighted by molar-refractivity contribution is -0.221. The van der Waals surface area contributed by atoms with Crippen LogP contribution in [-0.4, -0.2) is 27.6 Å². The number of rotatable bonds is 2. The SMILES string of the molecule is CCOC(=O)c1cnn(C(F)(F)F)n1. The van der Waals surface area contributed by atoms with Gasteiger partial charge in [0.2, 0.25) is 0 Å². The van der Waals surface area contributed by atoms with E-state index in [2.05, 4.69) is 14.9 Å². The summed E-state index contributed by atoms with van der Waals surface area (Å²) in [6, 6.07) is 0. The molecule has 0 bridgehead atoms. The summed E-state index contributed by atoms with van der Waals surface area (Å²) < 4.78 is 40.2. The van der Waals surface area contributed by atoms with Crippen LogP contribution >= 0.6 is 0 Å². The summed E-state index contributed by atoms with van der Waals surface area (Å²) >= 11 is 0. The fourth-order valence-electron chi connectivity index (χ4n) is 0.684. The summed E-state index contributed by atoms with van der Waals surface area (Å²) in [5.74, 6) is -0.928. The lowest BCUT2D eigenvalue weighted by Gasteiger charge is -2.01. The predicted molar refractivity (Wildman–Crippen MR) is 37.3 cm³/mol. The van der Waals surface area contributed by atoms with E-state index in [1.807, 2.05) is 0 Å². The third-order valence-corrected chi connectivity index (χ3v) is 1.20. The third kappa shape index (κ3) is 2.21. The monoisotopic (exact) mass is 209 g/mol. The standard InChI is InChI=1S/C6H6F3N3O2/c1-2-14-5(13)4-3-10-12(11-4)6(7,8)9/h3H,2H2,1H3. The van der Waals surface area contributed by atoms with Crippen molar-refractivity contribution < 1.29 is 22.7 Å². The molecule has 0 atom stereocenters. The number of nitrogens with zero attached hydrogens (tertiary/aromatic N) is 3. The first kappa shape index (κ1) is 10.5. The van der Waals surface area contributed by atoms with Crippen LogP contribution in [0.2, 0.25) is 0 Å². The molecule has 0 N–H and O–H groups in total. The van der Waals surface area contributed by atoms with Crippen LogP contribution in [0.1, 0.15) is 17.4 Å². The lowest BCUT2D eigenvalue weighted by Crippen LogP contribution is -2.20. The van der Waals surface area contributed by atoms with Gasteiger partial charge in [0.1, 0.15) is 0 Å². The molecule has 0 aliphatic rings. The molecule has 78 valence electrons. The second-order valence-corrected chi connectivity index (χ2v) is 2.21. The molecule has 14 heavy (non-hydrogen) atoms. The van der Waals surface area contributed by atoms with Crippen molar-refractivity contribution in [3.8, 4) is 0 Å². The second kappa shape index (κ2) is 3.64. The summed E-state index contributed by atoms with van der Waals surface area (Å²) in [7, 11) is 0. The van der Waals surface area contributed by atoms with Crippen molar-refractivity contribution in [3.05, 3.63) is 11.9 Å². The van der Waals surface area contributed by atoms with Crippen molar-refractivity contribution in [1.29, 1.82) is 0 Å². The van der Waals surface area contributed by atoms with Gasteiger partial charge in [-0.15, -0.1) is 18.3 Å². The molecule has 1 aromatic heterocycles. The van der Waals surface area contributed by atoms with Crippen molar-refractivity contribution in [2.75, 3.05) is 6.61 Å². The van der Waals surface area contributed by atoms with Crippen LogP contribution in [0.5, 0.6) is 0 Å². The molecule has 0 aromatic carbocycles. The number of halogens is 3. The molecule has 0 aliphatic carbocycles. The number of aromatic nitrogens is 3. The smallest absolute Gasteiger partial charge is 0.461 e. The number of esters is 1. The van der Waals surface area contributed by atoms with E-state index in [1.54, 1.807) is 0 Å². The molecule has 0 amide bonds. The van der Waals surface area contributed by atoms with Gasteiger partial charge in [0.25, 0.3) is 0 Å². The molecular formula is C6H6F3N3O2. The van der Waals surface area contributed by atoms with Gasteiger partial charge in [-0.25, -0.2) is 4.79 Å². The van der Waals surface area contributed by atoms with Crippen molar-refractivity contribution in [3.63, 3.8) is 0 Å². The zero-order valence-corrected chi connectivity index (χ0v) is 7.08. The zero-order valence-electron chi connectivity index (χ0n) is 7.08. The van der Waals surface area contributed by atoms with Gasteiger partial charge in [-0.2, -0.15) is 5.10 Å². The van der Waals surface area contributed by atoms with E-state index in [0.29, 0.717) is 6.20 Å². The van der Waals surface area contributed by atoms with E-state index in [-0.39, 0.29) is 6.61 Å². The Hall–Kier alpha value is -1.60. The Kier molecular flexibility index (Phi) is 2.73. The maximum atomic E-state index is 11.9. The molecule has 1 rings (SSSR count). The van der Waals surface area contributed by atoms with Gasteiger partial charge >= 0.3 is 12.3 Å². The Morgan fingerprint density at radius 3 is 2.71 bits per heavy atom. The first-order chi connectivity index (χ1) is 6.45. The molecule has 8 heteroatoms. The lowest BCUT2D eigenvalue weighted by atomic mass is 10.5. The quantitative estimate of drug-likeness (QED) is 0.680. The average Bonchev–Trinajstić information content (AvgIpc) is 2.51. The number of alkyl halides is 3. The molecule has 0 spiro atoms. The summed E-state index contributed by atoms with van der Waals surface area (Å²) in [5.41, 5.74) is -0.468. The minimum atomic E-state index is -4.72. The molecule has 0 aliphatic heterocycles. The van der Waals surface area contributed by atoms with E-state index >= 15 is 0 Å². The highest BCUT2D eigenvalue weighted by molar-refractivity contribution is 5.86. The highest BCUT2D eigenvalue weighted by atomic mass is 19.4. The normalized spacial score (nSPS) is 11.4. The van der Waals surface area contributed by atoms with Crippen LogP contribution in [0.3, 0.4) is 0 Å². The summed E-state index contributed by atoms with van der Waals surface area (Å²) in [4.78, 5) is 10.4. The van der Waals surface area contributed by atoms with Gasteiger partial charge < -0.3 is 4.74 Å². The van der Waals surface area contributed by atoms with Crippen LogP contribution in [0.25, 0.3) is 0 Å². The predicted octanol–water partition coefficient (Wildman–Crippen LogP) is 0.931. The van der Waals surface area contributed by atoms with Crippen molar-refractivity contribution in [1.82, 2.24) is 15.0 Å². The number of ether oxygens (including phenoxy) is 1. The molecule has 0 unspecified atom stereocenters. The van der Waals surface area contributed by atoms with Gasteiger partial charge in [0, 0.05) is 0 Å². The second-order valence-electron chi connectivity index (χ2n) is 2.21. The fraction of sp³-hybridized carbons (Fsp3) is 0.500. The molecule has 5 nitrogen and oxygen atoms in total. The first-order valence-corrected chi connectivity index (χ1v) is 3.62. The number of hydrogen-bond acceptors (Lipinski definition) is 4. The highest BCUT2D eigenvalue weighted by Crippen LogP contribution is 2.19. The Morgan fingerprint density at radius 1 is 1.64 bits per heavy atom. The van der Waals surface area contributed by atoms with E-state index in [1.165, 1.54) is 6.92 Å². The number of hydrogen-bond donors (Lipinski definition) is 0. The van der Waals surface area contributed by atoms with Crippen LogP contribution in [0.15, 0.2) is 6.20 Å². The third-order valence-electron chi connectivity index (χ3n) is 1.20. The minimum Gasteiger partial charge on any atom is -0.461 e. The van der Waals surface area contributed by atoms with E-state index in [9.17, 15) is 18.0 Å². The Bertz CT molecular complexity index is 333. The van der Waals surface area contributed by atoms with Crippen LogP contribution in [-0.2, 0) is 11.0 Å². The molecule has 0 radical (unpaired) electrons. The van der Waals surface area contributed by atoms with Gasteiger partial charge in [-0.3, -0.25) is 0 Å². The van der Waals surface area contributed by atoms with Crippen molar-refractivity contribution in [2.24, 2.45) is 0 Å². The topological polar surface area (TPSA) is 57.0 Å². The maximum absolute atomic E-state index is 11.9. The van der Waals surface area contributed by atoms with Crippen LogP contribution < -0.4 is 0 Å². The minimum absolute atomic E-state index is 0.0672. The van der Waals surface area contributed by atoms with Crippen molar-refractivity contribution in [2.45, 2.75) is 13.2 Å². The maximum Gasteiger partial charge on any atom is 0.521 e. The first-order valence-electron chi connectivity index (χ1n) is 3.62. The molecule has 0 saturated carbocycles. The highest BCUT2D eigenvalue weighted by Gasteiger charge is 2.34. The summed E-state index contributed by atoms with van der Waals surface area (Å²) in [6.07, 6.45) is -4.02. The van der Waals surface area contributed by atoms with E-state index in [4.69, 9.17) is 0 Å². The van der Waals surface area contributed by atoms with Crippen LogP contribution in [0.4, 0.5) is 13.2 Å². The Balaban J connectivity index is 2.83. The molecule has 0 fully saturated rings. The van der Waals surface area contributed by atoms with E-state index in [0.717, 1.165) is 0 Å². The van der Waals surface area contributed by atoms with Gasteiger partial charge in [-0.05, 0) is 6.92 Å². The van der Waals surface area contributed by atoms with Crippen LogP contribution in [0, 0.1) is 0 Å².